The van der Waals surface area contributed by atoms with Crippen molar-refractivity contribution in [2.75, 3.05) is 12.4 Å². The van der Waals surface area contributed by atoms with Crippen molar-refractivity contribution in [3.8, 4) is 5.75 Å². The van der Waals surface area contributed by atoms with Gasteiger partial charge in [-0.05, 0) is 30.0 Å². The molecule has 0 aliphatic rings. The monoisotopic (exact) mass is 278 g/mol. The van der Waals surface area contributed by atoms with Crippen LogP contribution in [0.25, 0.3) is 0 Å². The summed E-state index contributed by atoms with van der Waals surface area (Å²) < 4.78 is 5.31. The number of amides is 1. The quantitative estimate of drug-likeness (QED) is 0.890. The van der Waals surface area contributed by atoms with E-state index in [9.17, 15) is 4.79 Å². The Labute approximate surface area is 121 Å². The van der Waals surface area contributed by atoms with Gasteiger partial charge in [0.15, 0.2) is 0 Å². The maximum Gasteiger partial charge on any atom is 0.228 e. The van der Waals surface area contributed by atoms with E-state index in [-0.39, 0.29) is 23.3 Å². The molecule has 20 heavy (non-hydrogen) atoms. The minimum atomic E-state index is -0.252. The molecule has 112 valence electrons. The second-order valence-electron chi connectivity index (χ2n) is 6.30. The zero-order chi connectivity index (χ0) is 15.5. The molecule has 0 saturated carbocycles. The van der Waals surface area contributed by atoms with E-state index in [4.69, 9.17) is 10.5 Å². The highest BCUT2D eigenvalue weighted by Crippen LogP contribution is 2.31. The second kappa shape index (κ2) is 6.27. The normalized spacial score (nSPS) is 14.6. The molecule has 2 unspecified atom stereocenters. The summed E-state index contributed by atoms with van der Waals surface area (Å²) in [6.45, 7) is 10.0. The topological polar surface area (TPSA) is 64.3 Å². The Hall–Kier alpha value is -1.55. The molecule has 3 N–H and O–H groups in total. The highest BCUT2D eigenvalue weighted by Gasteiger charge is 2.20. The lowest BCUT2D eigenvalue weighted by Crippen LogP contribution is -2.34. The van der Waals surface area contributed by atoms with Gasteiger partial charge in [-0.15, -0.1) is 0 Å². The molecule has 0 bridgehead atoms. The number of hydrogen-bond donors (Lipinski definition) is 2. The summed E-state index contributed by atoms with van der Waals surface area (Å²) in [5, 5.41) is 2.91. The highest BCUT2D eigenvalue weighted by molar-refractivity contribution is 5.94. The molecule has 1 aromatic rings. The first-order chi connectivity index (χ1) is 9.16. The van der Waals surface area contributed by atoms with Crippen LogP contribution in [0.15, 0.2) is 18.2 Å². The van der Waals surface area contributed by atoms with Gasteiger partial charge >= 0.3 is 0 Å². The van der Waals surface area contributed by atoms with Crippen LogP contribution in [0.1, 0.15) is 40.2 Å². The molecular weight excluding hydrogens is 252 g/mol. The SMILES string of the molecule is COc1ccc(C(C)(C)C)cc1NC(=O)C(C)C(C)N. The summed E-state index contributed by atoms with van der Waals surface area (Å²) >= 11 is 0. The van der Waals surface area contributed by atoms with Gasteiger partial charge in [-0.25, -0.2) is 0 Å². The van der Waals surface area contributed by atoms with Crippen LogP contribution < -0.4 is 15.8 Å². The summed E-state index contributed by atoms with van der Waals surface area (Å²) in [6, 6.07) is 5.67. The van der Waals surface area contributed by atoms with Crippen LogP contribution in [-0.2, 0) is 10.2 Å². The van der Waals surface area contributed by atoms with Gasteiger partial charge in [0.1, 0.15) is 5.75 Å². The minimum Gasteiger partial charge on any atom is -0.495 e. The molecule has 0 radical (unpaired) electrons. The van der Waals surface area contributed by atoms with Crippen molar-refractivity contribution in [3.63, 3.8) is 0 Å². The fourth-order valence-electron chi connectivity index (χ4n) is 1.76. The number of anilines is 1. The molecule has 0 saturated heterocycles. The van der Waals surface area contributed by atoms with Crippen LogP contribution in [0.5, 0.6) is 5.75 Å². The van der Waals surface area contributed by atoms with E-state index in [2.05, 4.69) is 26.1 Å². The van der Waals surface area contributed by atoms with Gasteiger partial charge < -0.3 is 15.8 Å². The second-order valence-corrected chi connectivity index (χ2v) is 6.30. The molecule has 0 aliphatic heterocycles. The number of benzene rings is 1. The lowest BCUT2D eigenvalue weighted by molar-refractivity contribution is -0.119. The fraction of sp³-hybridized carbons (Fsp3) is 0.562. The Bertz CT molecular complexity index is 476. The summed E-state index contributed by atoms with van der Waals surface area (Å²) in [4.78, 5) is 12.1. The number of hydrogen-bond acceptors (Lipinski definition) is 3. The van der Waals surface area contributed by atoms with E-state index < -0.39 is 0 Å². The Morgan fingerprint density at radius 2 is 1.90 bits per heavy atom. The van der Waals surface area contributed by atoms with Gasteiger partial charge in [0, 0.05) is 6.04 Å². The molecule has 0 aliphatic carbocycles. The molecule has 0 spiro atoms. The predicted octanol–water partition coefficient (Wildman–Crippen LogP) is 2.91. The molecular formula is C16H26N2O2. The number of nitrogens with one attached hydrogen (secondary N) is 1. The van der Waals surface area contributed by atoms with Crippen molar-refractivity contribution < 1.29 is 9.53 Å². The lowest BCUT2D eigenvalue weighted by Gasteiger charge is -2.22. The van der Waals surface area contributed by atoms with E-state index in [1.807, 2.05) is 32.0 Å². The summed E-state index contributed by atoms with van der Waals surface area (Å²) in [7, 11) is 1.59. The molecule has 0 heterocycles. The Balaban J connectivity index is 3.06. The molecule has 2 atom stereocenters. The molecule has 0 aromatic heterocycles. The summed E-state index contributed by atoms with van der Waals surface area (Å²) in [5.74, 6) is 0.311. The van der Waals surface area contributed by atoms with Crippen molar-refractivity contribution in [2.24, 2.45) is 11.7 Å². The van der Waals surface area contributed by atoms with E-state index in [1.54, 1.807) is 7.11 Å². The van der Waals surface area contributed by atoms with Crippen molar-refractivity contribution >= 4 is 11.6 Å². The number of rotatable bonds is 4. The molecule has 1 aromatic carbocycles. The van der Waals surface area contributed by atoms with Crippen LogP contribution in [0, 0.1) is 5.92 Å². The molecule has 0 fully saturated rings. The first-order valence-corrected chi connectivity index (χ1v) is 6.91. The average Bonchev–Trinajstić information content (AvgIpc) is 2.36. The predicted molar refractivity (Wildman–Crippen MR) is 83.1 cm³/mol. The zero-order valence-corrected chi connectivity index (χ0v) is 13.3. The number of carbonyl (C=O) groups excluding carboxylic acids is 1. The van der Waals surface area contributed by atoms with Gasteiger partial charge in [-0.1, -0.05) is 33.8 Å². The van der Waals surface area contributed by atoms with E-state index >= 15 is 0 Å². The zero-order valence-electron chi connectivity index (χ0n) is 13.3. The molecule has 4 heteroatoms. The van der Waals surface area contributed by atoms with Gasteiger partial charge in [0.2, 0.25) is 5.91 Å². The molecule has 1 amide bonds. The van der Waals surface area contributed by atoms with Crippen LogP contribution in [0.3, 0.4) is 0 Å². The number of ether oxygens (including phenoxy) is 1. The summed E-state index contributed by atoms with van der Waals surface area (Å²) in [6.07, 6.45) is 0. The van der Waals surface area contributed by atoms with Gasteiger partial charge in [0.05, 0.1) is 18.7 Å². The largest absolute Gasteiger partial charge is 0.495 e. The number of nitrogens with two attached hydrogens (primary N) is 1. The Morgan fingerprint density at radius 1 is 1.30 bits per heavy atom. The van der Waals surface area contributed by atoms with Crippen molar-refractivity contribution in [2.45, 2.75) is 46.1 Å². The molecule has 4 nitrogen and oxygen atoms in total. The van der Waals surface area contributed by atoms with E-state index in [1.165, 1.54) is 0 Å². The van der Waals surface area contributed by atoms with Crippen molar-refractivity contribution in [1.82, 2.24) is 0 Å². The van der Waals surface area contributed by atoms with Gasteiger partial charge in [0.25, 0.3) is 0 Å². The maximum absolute atomic E-state index is 12.1. The third kappa shape index (κ3) is 3.97. The van der Waals surface area contributed by atoms with Crippen molar-refractivity contribution in [3.05, 3.63) is 23.8 Å². The third-order valence-corrected chi connectivity index (χ3v) is 3.53. The third-order valence-electron chi connectivity index (χ3n) is 3.53. The smallest absolute Gasteiger partial charge is 0.228 e. The van der Waals surface area contributed by atoms with E-state index in [0.717, 1.165) is 5.56 Å². The number of methoxy groups -OCH3 is 1. The standard InChI is InChI=1S/C16H26N2O2/c1-10(11(2)17)15(19)18-13-9-12(16(3,4)5)7-8-14(13)20-6/h7-11H,17H2,1-6H3,(H,18,19). The van der Waals surface area contributed by atoms with Gasteiger partial charge in [-0.3, -0.25) is 4.79 Å². The van der Waals surface area contributed by atoms with Crippen molar-refractivity contribution in [1.29, 1.82) is 0 Å². The first-order valence-electron chi connectivity index (χ1n) is 6.91. The average molecular weight is 278 g/mol. The van der Waals surface area contributed by atoms with Crippen LogP contribution in [0.4, 0.5) is 5.69 Å². The first kappa shape index (κ1) is 16.5. The van der Waals surface area contributed by atoms with Gasteiger partial charge in [-0.2, -0.15) is 0 Å². The Morgan fingerprint density at radius 3 is 2.35 bits per heavy atom. The Kier molecular flexibility index (Phi) is 5.17. The van der Waals surface area contributed by atoms with Crippen LogP contribution >= 0.6 is 0 Å². The minimum absolute atomic E-state index is 0.0124. The summed E-state index contributed by atoms with van der Waals surface area (Å²) in [5.41, 5.74) is 7.61. The lowest BCUT2D eigenvalue weighted by atomic mass is 9.86. The highest BCUT2D eigenvalue weighted by atomic mass is 16.5. The number of carbonyl (C=O) groups is 1. The van der Waals surface area contributed by atoms with Crippen LogP contribution in [-0.4, -0.2) is 19.1 Å². The van der Waals surface area contributed by atoms with Crippen LogP contribution in [0.2, 0.25) is 0 Å². The molecule has 1 rings (SSSR count). The van der Waals surface area contributed by atoms with E-state index in [0.29, 0.717) is 11.4 Å². The maximum atomic E-state index is 12.1. The fourth-order valence-corrected chi connectivity index (χ4v) is 1.76.